The summed E-state index contributed by atoms with van der Waals surface area (Å²) in [5, 5.41) is 2.72. The van der Waals surface area contributed by atoms with Gasteiger partial charge in [0.2, 0.25) is 0 Å². The summed E-state index contributed by atoms with van der Waals surface area (Å²) in [5.41, 5.74) is 1.67. The number of carbonyl (C=O) groups excluding carboxylic acids is 2. The van der Waals surface area contributed by atoms with Gasteiger partial charge in [-0.15, -0.1) is 0 Å². The van der Waals surface area contributed by atoms with Crippen molar-refractivity contribution in [2.24, 2.45) is 0 Å². The maximum absolute atomic E-state index is 12.8. The van der Waals surface area contributed by atoms with Gasteiger partial charge in [-0.25, -0.2) is 9.18 Å². The summed E-state index contributed by atoms with van der Waals surface area (Å²) in [5.74, 6) is -1.21. The molecule has 1 amide bonds. The molecule has 1 aliphatic heterocycles. The van der Waals surface area contributed by atoms with Crippen LogP contribution in [0.15, 0.2) is 48.5 Å². The molecule has 1 atom stereocenters. The number of nitrogens with zero attached hydrogens (tertiary/aromatic N) is 1. The Balaban J connectivity index is 1.44. The van der Waals surface area contributed by atoms with Gasteiger partial charge in [-0.2, -0.15) is 0 Å². The average Bonchev–Trinajstić information content (AvgIpc) is 2.74. The predicted molar refractivity (Wildman–Crippen MR) is 106 cm³/mol. The van der Waals surface area contributed by atoms with Crippen LogP contribution in [0.5, 0.6) is 5.75 Å². The summed E-state index contributed by atoms with van der Waals surface area (Å²) in [4.78, 5) is 26.3. The van der Waals surface area contributed by atoms with Crippen LogP contribution in [0, 0.1) is 5.82 Å². The molecule has 2 aromatic carbocycles. The number of benzene rings is 2. The van der Waals surface area contributed by atoms with Crippen LogP contribution in [-0.2, 0) is 19.1 Å². The van der Waals surface area contributed by atoms with Crippen LogP contribution < -0.4 is 15.0 Å². The highest BCUT2D eigenvalue weighted by molar-refractivity contribution is 5.95. The SMILES string of the molecule is C[C@H](OC(=O)COc1ccc(F)cc1)C(=O)Nc1ccc(N2CCOCC2)cc1. The van der Waals surface area contributed by atoms with Crippen molar-refractivity contribution in [1.82, 2.24) is 0 Å². The summed E-state index contributed by atoms with van der Waals surface area (Å²) in [6, 6.07) is 12.7. The lowest BCUT2D eigenvalue weighted by Crippen LogP contribution is -2.36. The van der Waals surface area contributed by atoms with E-state index in [1.54, 1.807) is 12.1 Å². The second-order valence-electron chi connectivity index (χ2n) is 6.51. The van der Waals surface area contributed by atoms with Crippen molar-refractivity contribution in [2.75, 3.05) is 43.1 Å². The molecule has 0 saturated carbocycles. The molecular formula is C21H23FN2O5. The van der Waals surface area contributed by atoms with Gasteiger partial charge < -0.3 is 24.4 Å². The monoisotopic (exact) mass is 402 g/mol. The van der Waals surface area contributed by atoms with Gasteiger partial charge in [0.15, 0.2) is 12.7 Å². The smallest absolute Gasteiger partial charge is 0.344 e. The summed E-state index contributed by atoms with van der Waals surface area (Å²) in [7, 11) is 0. The normalized spacial score (nSPS) is 14.8. The first kappa shape index (κ1) is 20.6. The van der Waals surface area contributed by atoms with Gasteiger partial charge in [0, 0.05) is 24.5 Å². The Hall–Kier alpha value is -3.13. The number of anilines is 2. The van der Waals surface area contributed by atoms with Crippen molar-refractivity contribution in [3.8, 4) is 5.75 Å². The molecule has 0 aromatic heterocycles. The van der Waals surface area contributed by atoms with Crippen molar-refractivity contribution in [3.63, 3.8) is 0 Å². The quantitative estimate of drug-likeness (QED) is 0.718. The van der Waals surface area contributed by atoms with E-state index in [4.69, 9.17) is 14.2 Å². The molecule has 1 fully saturated rings. The maximum atomic E-state index is 12.8. The zero-order valence-corrected chi connectivity index (χ0v) is 16.1. The number of hydrogen-bond acceptors (Lipinski definition) is 6. The molecule has 1 heterocycles. The van der Waals surface area contributed by atoms with Gasteiger partial charge in [-0.1, -0.05) is 0 Å². The van der Waals surface area contributed by atoms with Gasteiger partial charge in [0.25, 0.3) is 5.91 Å². The van der Waals surface area contributed by atoms with Crippen LogP contribution in [0.2, 0.25) is 0 Å². The van der Waals surface area contributed by atoms with Crippen molar-refractivity contribution >= 4 is 23.3 Å². The third-order valence-corrected chi connectivity index (χ3v) is 4.36. The lowest BCUT2D eigenvalue weighted by atomic mass is 10.2. The molecule has 0 spiro atoms. The van der Waals surface area contributed by atoms with E-state index < -0.39 is 23.8 Å². The molecule has 1 saturated heterocycles. The molecule has 29 heavy (non-hydrogen) atoms. The van der Waals surface area contributed by atoms with E-state index in [9.17, 15) is 14.0 Å². The average molecular weight is 402 g/mol. The Kier molecular flexibility index (Phi) is 7.02. The highest BCUT2D eigenvalue weighted by Gasteiger charge is 2.19. The molecule has 3 rings (SSSR count). The number of carbonyl (C=O) groups is 2. The first-order chi connectivity index (χ1) is 14.0. The fraction of sp³-hybridized carbons (Fsp3) is 0.333. The number of nitrogens with one attached hydrogen (secondary N) is 1. The zero-order valence-electron chi connectivity index (χ0n) is 16.1. The topological polar surface area (TPSA) is 77.1 Å². The summed E-state index contributed by atoms with van der Waals surface area (Å²) in [6.07, 6.45) is -0.988. The minimum absolute atomic E-state index is 0.334. The second kappa shape index (κ2) is 9.88. The van der Waals surface area contributed by atoms with Crippen molar-refractivity contribution in [1.29, 1.82) is 0 Å². The highest BCUT2D eigenvalue weighted by atomic mass is 19.1. The van der Waals surface area contributed by atoms with Crippen LogP contribution >= 0.6 is 0 Å². The van der Waals surface area contributed by atoms with E-state index >= 15 is 0 Å². The molecule has 154 valence electrons. The van der Waals surface area contributed by atoms with E-state index in [1.807, 2.05) is 12.1 Å². The minimum Gasteiger partial charge on any atom is -0.482 e. The first-order valence-electron chi connectivity index (χ1n) is 9.33. The standard InChI is InChI=1S/C21H23FN2O5/c1-15(29-20(25)14-28-19-8-2-16(22)3-9-19)21(26)23-17-4-6-18(7-5-17)24-10-12-27-13-11-24/h2-9,15H,10-14H2,1H3,(H,23,26)/t15-/m0/s1. The van der Waals surface area contributed by atoms with E-state index in [2.05, 4.69) is 10.2 Å². The summed E-state index contributed by atoms with van der Waals surface area (Å²) in [6.45, 7) is 4.17. The Morgan fingerprint density at radius 3 is 2.41 bits per heavy atom. The summed E-state index contributed by atoms with van der Waals surface area (Å²) >= 11 is 0. The van der Waals surface area contributed by atoms with Gasteiger partial charge in [0.05, 0.1) is 13.2 Å². The second-order valence-corrected chi connectivity index (χ2v) is 6.51. The lowest BCUT2D eigenvalue weighted by Gasteiger charge is -2.28. The Bertz CT molecular complexity index is 820. The van der Waals surface area contributed by atoms with Crippen LogP contribution in [-0.4, -0.2) is 50.9 Å². The predicted octanol–water partition coefficient (Wildman–Crippen LogP) is 2.61. The number of ether oxygens (including phenoxy) is 3. The third-order valence-electron chi connectivity index (χ3n) is 4.36. The number of morpholine rings is 1. The zero-order chi connectivity index (χ0) is 20.6. The van der Waals surface area contributed by atoms with Crippen LogP contribution in [0.4, 0.5) is 15.8 Å². The first-order valence-corrected chi connectivity index (χ1v) is 9.33. The number of amides is 1. The van der Waals surface area contributed by atoms with Crippen LogP contribution in [0.25, 0.3) is 0 Å². The molecular weight excluding hydrogens is 379 g/mol. The molecule has 0 unspecified atom stereocenters. The molecule has 2 aromatic rings. The number of hydrogen-bond donors (Lipinski definition) is 1. The molecule has 1 N–H and O–H groups in total. The Labute approximate surface area is 168 Å². The molecule has 7 nitrogen and oxygen atoms in total. The summed E-state index contributed by atoms with van der Waals surface area (Å²) < 4.78 is 28.5. The van der Waals surface area contributed by atoms with Gasteiger partial charge >= 0.3 is 5.97 Å². The number of halogens is 1. The van der Waals surface area contributed by atoms with Crippen molar-refractivity contribution in [3.05, 3.63) is 54.3 Å². The molecule has 0 radical (unpaired) electrons. The largest absolute Gasteiger partial charge is 0.482 e. The number of esters is 1. The van der Waals surface area contributed by atoms with Gasteiger partial charge in [0.1, 0.15) is 11.6 Å². The van der Waals surface area contributed by atoms with Gasteiger partial charge in [-0.05, 0) is 55.5 Å². The van der Waals surface area contributed by atoms with Crippen molar-refractivity contribution < 1.29 is 28.2 Å². The highest BCUT2D eigenvalue weighted by Crippen LogP contribution is 2.19. The maximum Gasteiger partial charge on any atom is 0.344 e. The van der Waals surface area contributed by atoms with E-state index in [0.717, 1.165) is 18.8 Å². The van der Waals surface area contributed by atoms with Crippen LogP contribution in [0.3, 0.4) is 0 Å². The molecule has 0 bridgehead atoms. The van der Waals surface area contributed by atoms with Crippen LogP contribution in [0.1, 0.15) is 6.92 Å². The number of rotatable bonds is 7. The fourth-order valence-corrected chi connectivity index (χ4v) is 2.78. The lowest BCUT2D eigenvalue weighted by molar-refractivity contribution is -0.155. The third kappa shape index (κ3) is 6.18. The minimum atomic E-state index is -0.988. The van der Waals surface area contributed by atoms with Crippen molar-refractivity contribution in [2.45, 2.75) is 13.0 Å². The molecule has 8 heteroatoms. The molecule has 1 aliphatic rings. The molecule has 0 aliphatic carbocycles. The van der Waals surface area contributed by atoms with E-state index in [0.29, 0.717) is 24.7 Å². The Morgan fingerprint density at radius 1 is 1.10 bits per heavy atom. The van der Waals surface area contributed by atoms with E-state index in [1.165, 1.54) is 31.2 Å². The van der Waals surface area contributed by atoms with E-state index in [-0.39, 0.29) is 6.61 Å². The Morgan fingerprint density at radius 2 is 1.76 bits per heavy atom. The fourth-order valence-electron chi connectivity index (χ4n) is 2.78. The van der Waals surface area contributed by atoms with Gasteiger partial charge in [-0.3, -0.25) is 4.79 Å².